The highest BCUT2D eigenvalue weighted by Crippen LogP contribution is 2.27. The first-order valence-electron chi connectivity index (χ1n) is 5.40. The topological polar surface area (TPSA) is 119 Å². The molecular formula is C10H18N6O. The number of nitrogens with zero attached hydrogens (tertiary/aromatic N) is 2. The quantitative estimate of drug-likeness (QED) is 0.414. The van der Waals surface area contributed by atoms with E-state index in [9.17, 15) is 4.79 Å². The molecule has 0 unspecified atom stereocenters. The van der Waals surface area contributed by atoms with Gasteiger partial charge in [-0.15, -0.1) is 0 Å². The number of hydrogen-bond acceptors (Lipinski definition) is 6. The SMILES string of the molecule is CC(C)c1c(NN)ncnc1NCCC(N)=O. The number of hydrazine groups is 1. The van der Waals surface area contributed by atoms with Crippen LogP contribution in [0.5, 0.6) is 0 Å². The van der Waals surface area contributed by atoms with Crippen LogP contribution in [0.4, 0.5) is 11.6 Å². The van der Waals surface area contributed by atoms with E-state index < -0.39 is 0 Å². The normalized spacial score (nSPS) is 10.4. The van der Waals surface area contributed by atoms with Gasteiger partial charge in [0.1, 0.15) is 18.0 Å². The van der Waals surface area contributed by atoms with Crippen molar-refractivity contribution in [1.29, 1.82) is 0 Å². The number of primary amides is 1. The second-order valence-corrected chi connectivity index (χ2v) is 3.93. The Morgan fingerprint density at radius 1 is 1.41 bits per heavy atom. The Bertz CT molecular complexity index is 392. The number of anilines is 2. The van der Waals surface area contributed by atoms with Crippen molar-refractivity contribution in [1.82, 2.24) is 9.97 Å². The van der Waals surface area contributed by atoms with Crippen LogP contribution in [-0.2, 0) is 4.79 Å². The van der Waals surface area contributed by atoms with E-state index in [-0.39, 0.29) is 18.2 Å². The lowest BCUT2D eigenvalue weighted by Crippen LogP contribution is -2.18. The zero-order valence-corrected chi connectivity index (χ0v) is 10.0. The van der Waals surface area contributed by atoms with Gasteiger partial charge in [-0.2, -0.15) is 0 Å². The summed E-state index contributed by atoms with van der Waals surface area (Å²) in [5, 5.41) is 3.05. The van der Waals surface area contributed by atoms with E-state index in [0.717, 1.165) is 5.56 Å². The molecule has 0 atom stereocenters. The Hall–Kier alpha value is -1.89. The van der Waals surface area contributed by atoms with Crippen molar-refractivity contribution < 1.29 is 4.79 Å². The summed E-state index contributed by atoms with van der Waals surface area (Å²) in [6, 6.07) is 0. The summed E-state index contributed by atoms with van der Waals surface area (Å²) in [7, 11) is 0. The Labute approximate surface area is 100.0 Å². The van der Waals surface area contributed by atoms with Crippen LogP contribution >= 0.6 is 0 Å². The molecule has 0 radical (unpaired) electrons. The third kappa shape index (κ3) is 3.56. The maximum Gasteiger partial charge on any atom is 0.219 e. The lowest BCUT2D eigenvalue weighted by molar-refractivity contribution is -0.117. The predicted molar refractivity (Wildman–Crippen MR) is 66.2 cm³/mol. The summed E-state index contributed by atoms with van der Waals surface area (Å²) in [6.07, 6.45) is 1.67. The number of carbonyl (C=O) groups is 1. The summed E-state index contributed by atoms with van der Waals surface area (Å²) >= 11 is 0. The first-order chi connectivity index (χ1) is 8.06. The molecule has 1 heterocycles. The van der Waals surface area contributed by atoms with Crippen molar-refractivity contribution in [2.75, 3.05) is 17.3 Å². The Kier molecular flexibility index (Phi) is 4.65. The predicted octanol–water partition coefficient (Wildman–Crippen LogP) is 0.173. The molecule has 0 saturated heterocycles. The van der Waals surface area contributed by atoms with Crippen LogP contribution in [0, 0.1) is 0 Å². The molecule has 0 saturated carbocycles. The third-order valence-corrected chi connectivity index (χ3v) is 2.26. The van der Waals surface area contributed by atoms with Gasteiger partial charge in [0, 0.05) is 18.5 Å². The molecule has 0 fully saturated rings. The summed E-state index contributed by atoms with van der Waals surface area (Å²) < 4.78 is 0. The molecule has 7 nitrogen and oxygen atoms in total. The maximum atomic E-state index is 10.6. The van der Waals surface area contributed by atoms with Crippen molar-refractivity contribution >= 4 is 17.5 Å². The fraction of sp³-hybridized carbons (Fsp3) is 0.500. The molecule has 0 aliphatic carbocycles. The zero-order chi connectivity index (χ0) is 12.8. The lowest BCUT2D eigenvalue weighted by Gasteiger charge is -2.16. The molecule has 0 bridgehead atoms. The van der Waals surface area contributed by atoms with Crippen LogP contribution < -0.4 is 22.3 Å². The van der Waals surface area contributed by atoms with Gasteiger partial charge in [0.05, 0.1) is 0 Å². The van der Waals surface area contributed by atoms with E-state index in [4.69, 9.17) is 11.6 Å². The number of nitrogens with one attached hydrogen (secondary N) is 2. The van der Waals surface area contributed by atoms with Crippen molar-refractivity contribution in [2.45, 2.75) is 26.2 Å². The van der Waals surface area contributed by atoms with E-state index >= 15 is 0 Å². The first kappa shape index (κ1) is 13.2. The number of nitrogen functional groups attached to an aromatic ring is 1. The number of aromatic nitrogens is 2. The van der Waals surface area contributed by atoms with Crippen molar-refractivity contribution in [3.63, 3.8) is 0 Å². The summed E-state index contributed by atoms with van der Waals surface area (Å²) in [5.41, 5.74) is 8.49. The molecule has 1 aromatic heterocycles. The highest BCUT2D eigenvalue weighted by molar-refractivity contribution is 5.74. The molecule has 1 amide bonds. The number of hydrogen-bond donors (Lipinski definition) is 4. The van der Waals surface area contributed by atoms with Gasteiger partial charge in [-0.3, -0.25) is 4.79 Å². The number of amides is 1. The molecule has 0 aliphatic heterocycles. The van der Waals surface area contributed by atoms with Crippen molar-refractivity contribution in [2.24, 2.45) is 11.6 Å². The minimum absolute atomic E-state index is 0.207. The second kappa shape index (κ2) is 6.00. The summed E-state index contributed by atoms with van der Waals surface area (Å²) in [4.78, 5) is 18.8. The van der Waals surface area contributed by atoms with Crippen LogP contribution in [0.2, 0.25) is 0 Å². The Morgan fingerprint density at radius 2 is 2.06 bits per heavy atom. The first-order valence-corrected chi connectivity index (χ1v) is 5.40. The van der Waals surface area contributed by atoms with E-state index in [0.29, 0.717) is 18.2 Å². The average molecular weight is 238 g/mol. The van der Waals surface area contributed by atoms with Crippen molar-refractivity contribution in [3.05, 3.63) is 11.9 Å². The maximum absolute atomic E-state index is 10.6. The average Bonchev–Trinajstić information content (AvgIpc) is 2.27. The van der Waals surface area contributed by atoms with E-state index in [2.05, 4.69) is 20.7 Å². The number of carbonyl (C=O) groups excluding carboxylic acids is 1. The molecule has 1 aromatic rings. The fourth-order valence-electron chi connectivity index (χ4n) is 1.50. The summed E-state index contributed by atoms with van der Waals surface area (Å²) in [6.45, 7) is 4.47. The molecule has 0 spiro atoms. The monoisotopic (exact) mass is 238 g/mol. The van der Waals surface area contributed by atoms with Gasteiger partial charge in [0.15, 0.2) is 0 Å². The van der Waals surface area contributed by atoms with Crippen LogP contribution in [0.1, 0.15) is 31.7 Å². The molecule has 17 heavy (non-hydrogen) atoms. The van der Waals surface area contributed by atoms with Gasteiger partial charge in [-0.25, -0.2) is 15.8 Å². The minimum Gasteiger partial charge on any atom is -0.370 e. The van der Waals surface area contributed by atoms with E-state index in [1.807, 2.05) is 13.8 Å². The van der Waals surface area contributed by atoms with Crippen LogP contribution in [0.25, 0.3) is 0 Å². The van der Waals surface area contributed by atoms with Gasteiger partial charge < -0.3 is 16.5 Å². The molecule has 0 aliphatic rings. The molecular weight excluding hydrogens is 220 g/mol. The van der Waals surface area contributed by atoms with Crippen LogP contribution in [0.3, 0.4) is 0 Å². The summed E-state index contributed by atoms with van der Waals surface area (Å²) in [5.74, 6) is 6.50. The molecule has 7 heteroatoms. The third-order valence-electron chi connectivity index (χ3n) is 2.26. The smallest absolute Gasteiger partial charge is 0.219 e. The second-order valence-electron chi connectivity index (χ2n) is 3.93. The fourth-order valence-corrected chi connectivity index (χ4v) is 1.50. The molecule has 0 aromatic carbocycles. The number of nitrogens with two attached hydrogens (primary N) is 2. The minimum atomic E-state index is -0.352. The van der Waals surface area contributed by atoms with E-state index in [1.54, 1.807) is 0 Å². The van der Waals surface area contributed by atoms with Gasteiger partial charge in [0.2, 0.25) is 5.91 Å². The van der Waals surface area contributed by atoms with Crippen LogP contribution in [-0.4, -0.2) is 22.4 Å². The molecule has 6 N–H and O–H groups in total. The van der Waals surface area contributed by atoms with E-state index in [1.165, 1.54) is 6.33 Å². The van der Waals surface area contributed by atoms with Gasteiger partial charge >= 0.3 is 0 Å². The van der Waals surface area contributed by atoms with Gasteiger partial charge in [0.25, 0.3) is 0 Å². The van der Waals surface area contributed by atoms with Gasteiger partial charge in [-0.1, -0.05) is 13.8 Å². The standard InChI is InChI=1S/C10H18N6O/c1-6(2)8-9(13-4-3-7(11)17)14-5-15-10(8)16-12/h5-6H,3-4,12H2,1-2H3,(H2,11,17)(H2,13,14,15,16). The van der Waals surface area contributed by atoms with Crippen LogP contribution in [0.15, 0.2) is 6.33 Å². The molecule has 1 rings (SSSR count). The number of rotatable bonds is 6. The highest BCUT2D eigenvalue weighted by Gasteiger charge is 2.13. The largest absolute Gasteiger partial charge is 0.370 e. The zero-order valence-electron chi connectivity index (χ0n) is 10.0. The highest BCUT2D eigenvalue weighted by atomic mass is 16.1. The van der Waals surface area contributed by atoms with Gasteiger partial charge in [-0.05, 0) is 5.92 Å². The van der Waals surface area contributed by atoms with Crippen molar-refractivity contribution in [3.8, 4) is 0 Å². The Morgan fingerprint density at radius 3 is 2.59 bits per heavy atom. The molecule has 94 valence electrons. The lowest BCUT2D eigenvalue weighted by atomic mass is 10.0. The Balaban J connectivity index is 2.86.